The highest BCUT2D eigenvalue weighted by atomic mass is 16.3. The first-order chi connectivity index (χ1) is 6.31. The first-order valence-corrected chi connectivity index (χ1v) is 4.69. The van der Waals surface area contributed by atoms with E-state index in [0.29, 0.717) is 12.6 Å². The predicted octanol–water partition coefficient (Wildman–Crippen LogP) is 0.599. The maximum absolute atomic E-state index is 5.53. The maximum Gasteiger partial charge on any atom is 0.181 e. The molecule has 0 spiro atoms. The monoisotopic (exact) mass is 181 g/mol. The Kier molecular flexibility index (Phi) is 2.33. The number of aromatic nitrogens is 1. The van der Waals surface area contributed by atoms with Crippen molar-refractivity contribution in [3.8, 4) is 0 Å². The summed E-state index contributed by atoms with van der Waals surface area (Å²) in [5.74, 6) is 1.02. The largest absolute Gasteiger partial charge is 0.448 e. The van der Waals surface area contributed by atoms with Crippen molar-refractivity contribution in [2.45, 2.75) is 31.8 Å². The average molecular weight is 181 g/mol. The summed E-state index contributed by atoms with van der Waals surface area (Å²) in [6.07, 6.45) is 3.37. The van der Waals surface area contributed by atoms with E-state index in [-0.39, 0.29) is 6.04 Å². The zero-order valence-electron chi connectivity index (χ0n) is 7.79. The minimum Gasteiger partial charge on any atom is -0.448 e. The number of nitrogens with zero attached hydrogens (tertiary/aromatic N) is 1. The molecule has 2 rings (SSSR count). The Morgan fingerprint density at radius 1 is 1.77 bits per heavy atom. The van der Waals surface area contributed by atoms with Gasteiger partial charge in [-0.15, -0.1) is 0 Å². The van der Waals surface area contributed by atoms with Crippen molar-refractivity contribution < 1.29 is 4.42 Å². The second kappa shape index (κ2) is 3.47. The number of oxazole rings is 1. The molecular weight excluding hydrogens is 166 g/mol. The van der Waals surface area contributed by atoms with E-state index >= 15 is 0 Å². The lowest BCUT2D eigenvalue weighted by Gasteiger charge is -2.26. The van der Waals surface area contributed by atoms with Crippen LogP contribution in [0.2, 0.25) is 0 Å². The van der Waals surface area contributed by atoms with Gasteiger partial charge >= 0.3 is 0 Å². The lowest BCUT2D eigenvalue weighted by atomic mass is 9.99. The van der Waals surface area contributed by atoms with Gasteiger partial charge in [-0.1, -0.05) is 0 Å². The van der Waals surface area contributed by atoms with Gasteiger partial charge in [0.25, 0.3) is 0 Å². The summed E-state index contributed by atoms with van der Waals surface area (Å²) in [4.78, 5) is 4.21. The molecule has 0 bridgehead atoms. The van der Waals surface area contributed by atoms with Gasteiger partial charge in [-0.25, -0.2) is 4.98 Å². The Hall–Kier alpha value is -0.870. The van der Waals surface area contributed by atoms with Gasteiger partial charge in [0.15, 0.2) is 6.39 Å². The average Bonchev–Trinajstić information content (AvgIpc) is 2.52. The van der Waals surface area contributed by atoms with Crippen LogP contribution < -0.4 is 11.1 Å². The molecule has 0 aliphatic carbocycles. The molecule has 2 atom stereocenters. The van der Waals surface area contributed by atoms with Gasteiger partial charge in [0, 0.05) is 12.5 Å². The molecule has 1 aromatic rings. The Morgan fingerprint density at radius 3 is 3.38 bits per heavy atom. The highest BCUT2D eigenvalue weighted by Crippen LogP contribution is 2.25. The summed E-state index contributed by atoms with van der Waals surface area (Å²) in [5.41, 5.74) is 6.58. The summed E-state index contributed by atoms with van der Waals surface area (Å²) >= 11 is 0. The molecule has 4 heteroatoms. The first kappa shape index (κ1) is 8.72. The van der Waals surface area contributed by atoms with E-state index in [9.17, 15) is 0 Å². The Morgan fingerprint density at radius 2 is 2.62 bits per heavy atom. The highest BCUT2D eigenvalue weighted by molar-refractivity contribution is 5.17. The van der Waals surface area contributed by atoms with Crippen LogP contribution in [0.4, 0.5) is 0 Å². The van der Waals surface area contributed by atoms with Gasteiger partial charge in [0.2, 0.25) is 0 Å². The standard InChI is InChI=1S/C9H15N3O/c1-6-4-8-9(11-5-13-8)7(12-6)2-3-10/h5-7,12H,2-4,10H2,1H3. The first-order valence-electron chi connectivity index (χ1n) is 4.69. The number of fused-ring (bicyclic) bond motifs is 1. The number of nitrogens with two attached hydrogens (primary N) is 1. The quantitative estimate of drug-likeness (QED) is 0.701. The zero-order valence-corrected chi connectivity index (χ0v) is 7.79. The lowest BCUT2D eigenvalue weighted by molar-refractivity contribution is 0.364. The van der Waals surface area contributed by atoms with Crippen molar-refractivity contribution in [1.29, 1.82) is 0 Å². The molecule has 0 radical (unpaired) electrons. The van der Waals surface area contributed by atoms with Gasteiger partial charge in [-0.3, -0.25) is 0 Å². The van der Waals surface area contributed by atoms with Crippen molar-refractivity contribution in [3.63, 3.8) is 0 Å². The normalized spacial score (nSPS) is 27.2. The molecule has 3 N–H and O–H groups in total. The summed E-state index contributed by atoms with van der Waals surface area (Å²) in [7, 11) is 0. The number of nitrogens with one attached hydrogen (secondary N) is 1. The van der Waals surface area contributed by atoms with Crippen LogP contribution in [-0.4, -0.2) is 17.6 Å². The summed E-state index contributed by atoms with van der Waals surface area (Å²) in [5, 5.41) is 3.46. The molecule has 13 heavy (non-hydrogen) atoms. The van der Waals surface area contributed by atoms with Crippen LogP contribution in [0.1, 0.15) is 30.8 Å². The van der Waals surface area contributed by atoms with Gasteiger partial charge in [-0.2, -0.15) is 0 Å². The third-order valence-corrected chi connectivity index (χ3v) is 2.44. The topological polar surface area (TPSA) is 64.1 Å². The summed E-state index contributed by atoms with van der Waals surface area (Å²) in [6.45, 7) is 2.83. The van der Waals surface area contributed by atoms with Crippen LogP contribution in [0.5, 0.6) is 0 Å². The zero-order chi connectivity index (χ0) is 9.26. The van der Waals surface area contributed by atoms with Gasteiger partial charge in [-0.05, 0) is 19.9 Å². The minimum atomic E-state index is 0.280. The molecular formula is C9H15N3O. The van der Waals surface area contributed by atoms with Crippen LogP contribution >= 0.6 is 0 Å². The van der Waals surface area contributed by atoms with E-state index in [1.54, 1.807) is 0 Å². The second-order valence-electron chi connectivity index (χ2n) is 3.56. The molecule has 2 heterocycles. The number of hydrogen-bond acceptors (Lipinski definition) is 4. The van der Waals surface area contributed by atoms with E-state index < -0.39 is 0 Å². The predicted molar refractivity (Wildman–Crippen MR) is 49.2 cm³/mol. The summed E-state index contributed by atoms with van der Waals surface area (Å²) < 4.78 is 5.31. The van der Waals surface area contributed by atoms with E-state index in [1.807, 2.05) is 0 Å². The molecule has 1 aliphatic heterocycles. The van der Waals surface area contributed by atoms with Gasteiger partial charge < -0.3 is 15.5 Å². The van der Waals surface area contributed by atoms with Crippen molar-refractivity contribution in [2.75, 3.05) is 6.54 Å². The SMILES string of the molecule is CC1Cc2ocnc2C(CCN)N1. The van der Waals surface area contributed by atoms with Gasteiger partial charge in [0.05, 0.1) is 11.7 Å². The van der Waals surface area contributed by atoms with Crippen LogP contribution in [0.25, 0.3) is 0 Å². The Labute approximate surface area is 77.5 Å². The third kappa shape index (κ3) is 1.59. The van der Waals surface area contributed by atoms with Crippen molar-refractivity contribution >= 4 is 0 Å². The van der Waals surface area contributed by atoms with Crippen molar-refractivity contribution in [1.82, 2.24) is 10.3 Å². The van der Waals surface area contributed by atoms with E-state index in [4.69, 9.17) is 10.2 Å². The fourth-order valence-corrected chi connectivity index (χ4v) is 1.86. The van der Waals surface area contributed by atoms with E-state index in [2.05, 4.69) is 17.2 Å². The molecule has 1 aromatic heterocycles. The Balaban J connectivity index is 2.22. The summed E-state index contributed by atoms with van der Waals surface area (Å²) in [6, 6.07) is 0.736. The van der Waals surface area contributed by atoms with E-state index in [0.717, 1.165) is 24.3 Å². The molecule has 2 unspecified atom stereocenters. The van der Waals surface area contributed by atoms with Crippen molar-refractivity contribution in [3.05, 3.63) is 17.8 Å². The number of rotatable bonds is 2. The molecule has 0 amide bonds. The molecule has 0 fully saturated rings. The third-order valence-electron chi connectivity index (χ3n) is 2.44. The molecule has 0 saturated carbocycles. The number of hydrogen-bond donors (Lipinski definition) is 2. The lowest BCUT2D eigenvalue weighted by Crippen LogP contribution is -2.38. The van der Waals surface area contributed by atoms with Crippen molar-refractivity contribution in [2.24, 2.45) is 5.73 Å². The smallest absolute Gasteiger partial charge is 0.181 e. The maximum atomic E-state index is 5.53. The van der Waals surface area contributed by atoms with Crippen LogP contribution in [-0.2, 0) is 6.42 Å². The molecule has 0 saturated heterocycles. The fourth-order valence-electron chi connectivity index (χ4n) is 1.86. The second-order valence-corrected chi connectivity index (χ2v) is 3.56. The highest BCUT2D eigenvalue weighted by Gasteiger charge is 2.26. The molecule has 4 nitrogen and oxygen atoms in total. The Bertz CT molecular complexity index is 284. The van der Waals surface area contributed by atoms with Gasteiger partial charge in [0.1, 0.15) is 5.76 Å². The van der Waals surface area contributed by atoms with Crippen LogP contribution in [0, 0.1) is 0 Å². The molecule has 1 aliphatic rings. The van der Waals surface area contributed by atoms with Crippen LogP contribution in [0.3, 0.4) is 0 Å². The molecule has 0 aromatic carbocycles. The van der Waals surface area contributed by atoms with Crippen LogP contribution in [0.15, 0.2) is 10.8 Å². The van der Waals surface area contributed by atoms with E-state index in [1.165, 1.54) is 6.39 Å². The minimum absolute atomic E-state index is 0.280. The fraction of sp³-hybridized carbons (Fsp3) is 0.667. The molecule has 72 valence electrons.